The molecule has 2 N–H and O–H groups in total. The first kappa shape index (κ1) is 23.9. The van der Waals surface area contributed by atoms with Gasteiger partial charge < -0.3 is 24.6 Å². The fourth-order valence-electron chi connectivity index (χ4n) is 4.33. The summed E-state index contributed by atoms with van der Waals surface area (Å²) in [5.74, 6) is -0.508. The van der Waals surface area contributed by atoms with E-state index in [-0.39, 0.29) is 11.8 Å². The molecule has 0 radical (unpaired) electrons. The monoisotopic (exact) mass is 462 g/mol. The molecule has 2 aliphatic heterocycles. The summed E-state index contributed by atoms with van der Waals surface area (Å²) in [4.78, 5) is 2.06. The van der Waals surface area contributed by atoms with Gasteiger partial charge in [-0.2, -0.15) is 0 Å². The lowest BCUT2D eigenvalue weighted by atomic mass is 10.1. The van der Waals surface area contributed by atoms with Crippen LogP contribution >= 0.6 is 0 Å². The van der Waals surface area contributed by atoms with Gasteiger partial charge in [-0.1, -0.05) is 12.1 Å². The maximum atomic E-state index is 13.4. The van der Waals surface area contributed by atoms with Crippen molar-refractivity contribution in [3.63, 3.8) is 0 Å². The molecule has 0 saturated carbocycles. The lowest BCUT2D eigenvalue weighted by molar-refractivity contribution is 0.0732. The van der Waals surface area contributed by atoms with E-state index >= 15 is 0 Å². The van der Waals surface area contributed by atoms with Crippen LogP contribution in [0.15, 0.2) is 42.5 Å². The maximum Gasteiger partial charge on any atom is 0.138 e. The van der Waals surface area contributed by atoms with Crippen molar-refractivity contribution in [2.24, 2.45) is 0 Å². The normalized spacial score (nSPS) is 22.9. The van der Waals surface area contributed by atoms with E-state index in [2.05, 4.69) is 17.1 Å². The molecule has 3 atom stereocenters. The van der Waals surface area contributed by atoms with Crippen LogP contribution in [0, 0.1) is 11.6 Å². The highest BCUT2D eigenvalue weighted by atomic mass is 19.1. The number of benzene rings is 2. The van der Waals surface area contributed by atoms with E-state index in [1.165, 1.54) is 0 Å². The zero-order valence-corrected chi connectivity index (χ0v) is 18.9. The molecule has 0 spiro atoms. The Balaban J connectivity index is 1.22. The average molecular weight is 463 g/mol. The molecule has 0 unspecified atom stereocenters. The highest BCUT2D eigenvalue weighted by Gasteiger charge is 2.33. The van der Waals surface area contributed by atoms with Gasteiger partial charge in [0, 0.05) is 63.1 Å². The summed E-state index contributed by atoms with van der Waals surface area (Å²) in [7, 11) is 0. The minimum Gasteiger partial charge on any atom is -0.492 e. The number of likely N-dealkylation sites (tertiary alicyclic amines) is 1. The number of β-amino-alcohol motifs (C(OH)–C–C–N with tert-alkyl or cyclic N) is 1. The van der Waals surface area contributed by atoms with Gasteiger partial charge in [0.15, 0.2) is 0 Å². The Labute approximate surface area is 193 Å². The molecule has 0 aliphatic carbocycles. The summed E-state index contributed by atoms with van der Waals surface area (Å²) < 4.78 is 43.7. The minimum atomic E-state index is -0.733. The summed E-state index contributed by atoms with van der Waals surface area (Å²) >= 11 is 0. The lowest BCUT2D eigenvalue weighted by Gasteiger charge is -2.26. The zero-order chi connectivity index (χ0) is 23.2. The van der Waals surface area contributed by atoms with Gasteiger partial charge in [-0.05, 0) is 37.5 Å². The Kier molecular flexibility index (Phi) is 8.14. The van der Waals surface area contributed by atoms with Crippen molar-refractivity contribution in [1.82, 2.24) is 10.2 Å². The van der Waals surface area contributed by atoms with Crippen LogP contribution in [0.3, 0.4) is 0 Å². The fraction of sp³-hybridized carbons (Fsp3) is 0.520. The third-order valence-corrected chi connectivity index (χ3v) is 6.01. The Morgan fingerprint density at radius 1 is 1.06 bits per heavy atom. The SMILES string of the molecule is C[C@@H](COc1ccc(CN2C[C@H](Oc3cc(F)cc(F)c3)[C@@H](O)C2)cc1)NC1CCOCC1. The number of aliphatic hydroxyl groups is 1. The van der Waals surface area contributed by atoms with E-state index in [4.69, 9.17) is 14.2 Å². The molecule has 0 amide bonds. The van der Waals surface area contributed by atoms with E-state index in [9.17, 15) is 13.9 Å². The standard InChI is InChI=1S/C25H32F2N2O4/c1-17(28-21-6-8-31-9-7-21)16-32-22-4-2-18(3-5-22)13-29-14-24(30)25(15-29)33-23-11-19(26)10-20(27)12-23/h2-5,10-12,17,21,24-25,28,30H,6-9,13-16H2,1H3/t17-,24-,25-/m0/s1. The second-order valence-electron chi connectivity index (χ2n) is 8.93. The number of ether oxygens (including phenoxy) is 3. The molecule has 180 valence electrons. The minimum absolute atomic E-state index is 0.0837. The van der Waals surface area contributed by atoms with Gasteiger partial charge in [-0.15, -0.1) is 0 Å². The number of rotatable bonds is 9. The molecule has 8 heteroatoms. The van der Waals surface area contributed by atoms with Gasteiger partial charge in [0.05, 0.1) is 0 Å². The van der Waals surface area contributed by atoms with Crippen molar-refractivity contribution in [3.05, 3.63) is 59.7 Å². The highest BCUT2D eigenvalue weighted by Crippen LogP contribution is 2.23. The fourth-order valence-corrected chi connectivity index (χ4v) is 4.33. The number of halogens is 2. The van der Waals surface area contributed by atoms with Gasteiger partial charge in [0.25, 0.3) is 0 Å². The van der Waals surface area contributed by atoms with Crippen molar-refractivity contribution in [1.29, 1.82) is 0 Å². The molecule has 2 aromatic carbocycles. The summed E-state index contributed by atoms with van der Waals surface area (Å²) in [6, 6.07) is 11.7. The van der Waals surface area contributed by atoms with Gasteiger partial charge in [0.1, 0.15) is 41.9 Å². The largest absolute Gasteiger partial charge is 0.492 e. The van der Waals surface area contributed by atoms with Crippen LogP contribution in [0.1, 0.15) is 25.3 Å². The van der Waals surface area contributed by atoms with Crippen molar-refractivity contribution in [3.8, 4) is 11.5 Å². The molecule has 33 heavy (non-hydrogen) atoms. The third kappa shape index (κ3) is 7.11. The number of nitrogens with zero attached hydrogens (tertiary/aromatic N) is 1. The topological polar surface area (TPSA) is 63.2 Å². The van der Waals surface area contributed by atoms with Crippen LogP contribution in [0.25, 0.3) is 0 Å². The first-order chi connectivity index (χ1) is 15.9. The maximum absolute atomic E-state index is 13.4. The lowest BCUT2D eigenvalue weighted by Crippen LogP contribution is -2.42. The Hall–Kier alpha value is -2.26. The van der Waals surface area contributed by atoms with Crippen molar-refractivity contribution in [2.75, 3.05) is 32.9 Å². The van der Waals surface area contributed by atoms with Crippen molar-refractivity contribution in [2.45, 2.75) is 50.6 Å². The predicted octanol–water partition coefficient (Wildman–Crippen LogP) is 3.12. The molecule has 2 heterocycles. The first-order valence-corrected chi connectivity index (χ1v) is 11.5. The molecular weight excluding hydrogens is 430 g/mol. The van der Waals surface area contributed by atoms with Crippen molar-refractivity contribution < 1.29 is 28.1 Å². The van der Waals surface area contributed by atoms with E-state index in [1.807, 2.05) is 24.3 Å². The number of hydrogen-bond acceptors (Lipinski definition) is 6. The van der Waals surface area contributed by atoms with Gasteiger partial charge >= 0.3 is 0 Å². The summed E-state index contributed by atoms with van der Waals surface area (Å²) in [6.07, 6.45) is 0.798. The molecule has 6 nitrogen and oxygen atoms in total. The van der Waals surface area contributed by atoms with Crippen LogP contribution in [0.4, 0.5) is 8.78 Å². The second-order valence-corrected chi connectivity index (χ2v) is 8.93. The third-order valence-electron chi connectivity index (χ3n) is 6.01. The number of hydrogen-bond donors (Lipinski definition) is 2. The summed E-state index contributed by atoms with van der Waals surface area (Å²) in [6.45, 7) is 5.88. The van der Waals surface area contributed by atoms with Crippen LogP contribution in [-0.2, 0) is 11.3 Å². The predicted molar refractivity (Wildman–Crippen MR) is 120 cm³/mol. The van der Waals surface area contributed by atoms with Gasteiger partial charge in [-0.3, -0.25) is 4.90 Å². The first-order valence-electron chi connectivity index (χ1n) is 11.5. The summed E-state index contributed by atoms with van der Waals surface area (Å²) in [5, 5.41) is 13.9. The van der Waals surface area contributed by atoms with Crippen molar-refractivity contribution >= 4 is 0 Å². The Morgan fingerprint density at radius 3 is 2.45 bits per heavy atom. The average Bonchev–Trinajstić information content (AvgIpc) is 3.11. The molecule has 2 saturated heterocycles. The molecule has 2 fully saturated rings. The van der Waals surface area contributed by atoms with Crippen LogP contribution in [-0.4, -0.2) is 67.2 Å². The van der Waals surface area contributed by atoms with Gasteiger partial charge in [0.2, 0.25) is 0 Å². The quantitative estimate of drug-likeness (QED) is 0.597. The van der Waals surface area contributed by atoms with Gasteiger partial charge in [-0.25, -0.2) is 8.78 Å². The molecule has 2 aromatic rings. The van der Waals surface area contributed by atoms with Crippen LogP contribution in [0.5, 0.6) is 11.5 Å². The van der Waals surface area contributed by atoms with E-state index in [0.29, 0.717) is 32.3 Å². The smallest absolute Gasteiger partial charge is 0.138 e. The molecular formula is C25H32F2N2O4. The Morgan fingerprint density at radius 2 is 1.76 bits per heavy atom. The highest BCUT2D eigenvalue weighted by molar-refractivity contribution is 5.28. The Bertz CT molecular complexity index is 872. The van der Waals surface area contributed by atoms with E-state index in [0.717, 1.165) is 55.6 Å². The number of nitrogens with one attached hydrogen (secondary N) is 1. The van der Waals surface area contributed by atoms with E-state index in [1.54, 1.807) is 0 Å². The molecule has 0 aromatic heterocycles. The molecule has 0 bridgehead atoms. The van der Waals surface area contributed by atoms with Crippen LogP contribution in [0.2, 0.25) is 0 Å². The molecule has 4 rings (SSSR count). The molecule has 2 aliphatic rings. The zero-order valence-electron chi connectivity index (χ0n) is 18.9. The van der Waals surface area contributed by atoms with Crippen LogP contribution < -0.4 is 14.8 Å². The van der Waals surface area contributed by atoms with E-state index < -0.39 is 23.8 Å². The summed E-state index contributed by atoms with van der Waals surface area (Å²) in [5.41, 5.74) is 1.08. The number of aliphatic hydroxyl groups excluding tert-OH is 1. The second kappa shape index (κ2) is 11.2.